The van der Waals surface area contributed by atoms with Crippen molar-refractivity contribution in [2.75, 3.05) is 20.7 Å². The summed E-state index contributed by atoms with van der Waals surface area (Å²) in [6, 6.07) is 1.46. The number of aliphatic hydroxyl groups is 1. The summed E-state index contributed by atoms with van der Waals surface area (Å²) in [5, 5.41) is 10.8. The highest BCUT2D eigenvalue weighted by atomic mass is 16.5. The minimum absolute atomic E-state index is 0.208. The van der Waals surface area contributed by atoms with Gasteiger partial charge in [0.2, 0.25) is 0 Å². The van der Waals surface area contributed by atoms with Gasteiger partial charge in [-0.25, -0.2) is 0 Å². The van der Waals surface area contributed by atoms with Crippen LogP contribution in [-0.2, 0) is 11.8 Å². The van der Waals surface area contributed by atoms with Crippen LogP contribution in [0, 0.1) is 5.92 Å². The SMILES string of the molecule is [2H]C1(O)C=C[C@@H]2[C@@]34CCN(C)[C@]2([2H])C([2H])([2H])c2ccc(OC)c(c23)OC14[2H]. The van der Waals surface area contributed by atoms with Gasteiger partial charge in [-0.15, -0.1) is 0 Å². The number of methoxy groups -OCH3 is 1. The Morgan fingerprint density at radius 2 is 2.36 bits per heavy atom. The quantitative estimate of drug-likeness (QED) is 0.799. The van der Waals surface area contributed by atoms with Crippen LogP contribution in [0.15, 0.2) is 24.3 Å². The number of piperidine rings is 1. The molecule has 1 saturated heterocycles. The number of likely N-dealkylation sites (N-methyl/N-ethyl adjacent to an activating group) is 1. The topological polar surface area (TPSA) is 41.9 Å². The Labute approximate surface area is 137 Å². The van der Waals surface area contributed by atoms with Crippen LogP contribution in [0.2, 0.25) is 0 Å². The van der Waals surface area contributed by atoms with Gasteiger partial charge in [0.1, 0.15) is 12.2 Å². The molecule has 0 radical (unpaired) electrons. The van der Waals surface area contributed by atoms with E-state index >= 15 is 0 Å². The van der Waals surface area contributed by atoms with Crippen LogP contribution >= 0.6 is 0 Å². The van der Waals surface area contributed by atoms with Crippen molar-refractivity contribution in [1.82, 2.24) is 4.90 Å². The van der Waals surface area contributed by atoms with Gasteiger partial charge in [-0.3, -0.25) is 0 Å². The predicted molar refractivity (Wildman–Crippen MR) is 82.5 cm³/mol. The highest BCUT2D eigenvalue weighted by Gasteiger charge is 2.64. The average Bonchev–Trinajstić information content (AvgIpc) is 2.88. The zero-order valence-corrected chi connectivity index (χ0v) is 12.5. The van der Waals surface area contributed by atoms with E-state index in [0.717, 1.165) is 0 Å². The predicted octanol–water partition coefficient (Wildman–Crippen LogP) is 1.50. The molecule has 2 aliphatic carbocycles. The molecule has 4 heteroatoms. The van der Waals surface area contributed by atoms with Gasteiger partial charge < -0.3 is 19.5 Å². The summed E-state index contributed by atoms with van der Waals surface area (Å²) in [5.74, 6) is -0.214. The van der Waals surface area contributed by atoms with Crippen molar-refractivity contribution in [3.8, 4) is 11.5 Å². The molecule has 1 fully saturated rings. The van der Waals surface area contributed by atoms with E-state index in [1.54, 1.807) is 30.2 Å². The lowest BCUT2D eigenvalue weighted by molar-refractivity contribution is -0.0453. The van der Waals surface area contributed by atoms with E-state index in [4.69, 9.17) is 15.0 Å². The van der Waals surface area contributed by atoms with Gasteiger partial charge >= 0.3 is 0 Å². The molecule has 0 aromatic heterocycles. The lowest BCUT2D eigenvalue weighted by Gasteiger charge is -2.56. The van der Waals surface area contributed by atoms with Gasteiger partial charge in [0.15, 0.2) is 11.5 Å². The second-order valence-electron chi connectivity index (χ2n) is 6.33. The van der Waals surface area contributed by atoms with Crippen LogP contribution in [0.1, 0.15) is 24.4 Å². The summed E-state index contributed by atoms with van der Waals surface area (Å²) >= 11 is 0. The third kappa shape index (κ3) is 1.28. The second-order valence-corrected chi connectivity index (χ2v) is 6.33. The minimum atomic E-state index is -2.34. The Kier molecular flexibility index (Phi) is 1.65. The highest BCUT2D eigenvalue weighted by Crippen LogP contribution is 2.62. The Bertz CT molecular complexity index is 905. The van der Waals surface area contributed by atoms with E-state index in [1.165, 1.54) is 13.2 Å². The van der Waals surface area contributed by atoms with E-state index in [-0.39, 0.29) is 11.3 Å². The normalized spacial score (nSPS) is 56.7. The van der Waals surface area contributed by atoms with Crippen LogP contribution in [0.4, 0.5) is 0 Å². The zero-order chi connectivity index (χ0) is 19.6. The van der Waals surface area contributed by atoms with Gasteiger partial charge in [-0.1, -0.05) is 18.2 Å². The third-order valence-corrected chi connectivity index (χ3v) is 5.42. The summed E-state index contributed by atoms with van der Waals surface area (Å²) in [5.41, 5.74) is -0.466. The Morgan fingerprint density at radius 1 is 1.50 bits per heavy atom. The average molecular weight is 304 g/mol. The number of hydrogen-bond donors (Lipinski definition) is 1. The fourth-order valence-corrected chi connectivity index (χ4v) is 4.42. The van der Waals surface area contributed by atoms with Gasteiger partial charge in [0, 0.05) is 27.0 Å². The van der Waals surface area contributed by atoms with Crippen molar-refractivity contribution < 1.29 is 21.4 Å². The summed E-state index contributed by atoms with van der Waals surface area (Å²) in [4.78, 5) is 1.67. The van der Waals surface area contributed by atoms with Crippen molar-refractivity contribution in [1.29, 1.82) is 0 Å². The van der Waals surface area contributed by atoms with Crippen LogP contribution < -0.4 is 9.47 Å². The van der Waals surface area contributed by atoms with E-state index < -0.39 is 35.9 Å². The Hall–Kier alpha value is -1.52. The highest BCUT2D eigenvalue weighted by molar-refractivity contribution is 5.62. The number of ether oxygens (including phenoxy) is 2. The van der Waals surface area contributed by atoms with E-state index in [1.807, 2.05) is 0 Å². The van der Waals surface area contributed by atoms with Crippen molar-refractivity contribution in [3.63, 3.8) is 0 Å². The monoisotopic (exact) mass is 304 g/mol. The summed E-state index contributed by atoms with van der Waals surface area (Å²) < 4.78 is 55.9. The van der Waals surface area contributed by atoms with Gasteiger partial charge in [-0.05, 0) is 38.0 Å². The molecule has 1 aromatic carbocycles. The maximum atomic E-state index is 10.8. The molecule has 0 saturated carbocycles. The van der Waals surface area contributed by atoms with Crippen molar-refractivity contribution in [2.45, 2.75) is 36.4 Å². The van der Waals surface area contributed by atoms with Crippen molar-refractivity contribution >= 4 is 0 Å². The van der Waals surface area contributed by atoms with Crippen LogP contribution in [0.5, 0.6) is 11.5 Å². The van der Waals surface area contributed by atoms with Crippen LogP contribution in [0.25, 0.3) is 0 Å². The molecular formula is C18H21NO3. The van der Waals surface area contributed by atoms with Crippen LogP contribution in [0.3, 0.4) is 0 Å². The molecule has 2 aliphatic heterocycles. The molecule has 1 spiro atoms. The summed E-state index contributed by atoms with van der Waals surface area (Å²) in [6.07, 6.45) is -3.41. The first-order chi connectivity index (χ1) is 12.5. The lowest BCUT2D eigenvalue weighted by atomic mass is 9.53. The van der Waals surface area contributed by atoms with E-state index in [9.17, 15) is 6.48 Å². The zero-order valence-electron chi connectivity index (χ0n) is 17.5. The largest absolute Gasteiger partial charge is 0.493 e. The molecule has 5 atom stereocenters. The van der Waals surface area contributed by atoms with E-state index in [2.05, 4.69) is 0 Å². The lowest BCUT2D eigenvalue weighted by Crippen LogP contribution is -2.64. The molecule has 1 aromatic rings. The summed E-state index contributed by atoms with van der Waals surface area (Å²) in [6.45, 7) is 0.351. The standard InChI is InChI=1S/C18H21NO3/c1-19-8-7-18-11-4-5-13(20)17(18)22-16-14(21-2)6-3-10(15(16)18)9-12(11)19/h3-6,11-13,17,20H,7-9H2,1-2H3/t11-,12+,13?,17?,18-/m0/s1/i9D2,12D,13D,17D. The molecule has 2 heterocycles. The molecule has 5 rings (SSSR count). The molecule has 0 amide bonds. The Balaban J connectivity index is 1.98. The Morgan fingerprint density at radius 3 is 3.18 bits per heavy atom. The molecular weight excluding hydrogens is 278 g/mol. The molecule has 4 nitrogen and oxygen atoms in total. The smallest absolute Gasteiger partial charge is 0.165 e. The number of hydrogen-bond acceptors (Lipinski definition) is 4. The van der Waals surface area contributed by atoms with Gasteiger partial charge in [0.05, 0.1) is 9.85 Å². The molecule has 4 aliphatic rings. The fraction of sp³-hybridized carbons (Fsp3) is 0.556. The first-order valence-electron chi connectivity index (χ1n) is 10.0. The number of rotatable bonds is 1. The first-order valence-corrected chi connectivity index (χ1v) is 7.53. The van der Waals surface area contributed by atoms with Gasteiger partial charge in [0.25, 0.3) is 0 Å². The second kappa shape index (κ2) is 4.06. The van der Waals surface area contributed by atoms with E-state index in [0.29, 0.717) is 24.3 Å². The van der Waals surface area contributed by atoms with Crippen molar-refractivity contribution in [3.05, 3.63) is 35.4 Å². The minimum Gasteiger partial charge on any atom is -0.493 e. The number of likely N-dealkylation sites (tertiary alicyclic amines) is 1. The summed E-state index contributed by atoms with van der Waals surface area (Å²) in [7, 11) is 3.17. The molecule has 1 N–H and O–H groups in total. The van der Waals surface area contributed by atoms with Gasteiger partial charge in [-0.2, -0.15) is 0 Å². The molecule has 22 heavy (non-hydrogen) atoms. The van der Waals surface area contributed by atoms with Crippen molar-refractivity contribution in [2.24, 2.45) is 5.92 Å². The van der Waals surface area contributed by atoms with Crippen LogP contribution in [-0.4, -0.2) is 48.9 Å². The maximum Gasteiger partial charge on any atom is 0.165 e. The molecule has 116 valence electrons. The molecule has 2 unspecified atom stereocenters. The fourth-order valence-electron chi connectivity index (χ4n) is 4.42. The first kappa shape index (κ1) is 8.94. The third-order valence-electron chi connectivity index (χ3n) is 5.42. The number of benzene rings is 1. The number of nitrogens with zero attached hydrogens (tertiary/aromatic N) is 1. The maximum absolute atomic E-state index is 10.8. The molecule has 2 bridgehead atoms.